The zero-order chi connectivity index (χ0) is 21.9. The van der Waals surface area contributed by atoms with Gasteiger partial charge in [0.25, 0.3) is 0 Å². The summed E-state index contributed by atoms with van der Waals surface area (Å²) in [5.41, 5.74) is 3.02. The van der Waals surface area contributed by atoms with Crippen molar-refractivity contribution in [2.45, 2.75) is 32.3 Å². The van der Waals surface area contributed by atoms with Gasteiger partial charge in [0.15, 0.2) is 0 Å². The third kappa shape index (κ3) is 4.41. The summed E-state index contributed by atoms with van der Waals surface area (Å²) < 4.78 is 5.83. The second-order valence-electron chi connectivity index (χ2n) is 7.91. The highest BCUT2D eigenvalue weighted by molar-refractivity contribution is 7.19. The molecule has 2 N–H and O–H groups in total. The van der Waals surface area contributed by atoms with Gasteiger partial charge in [-0.15, -0.1) is 11.3 Å². The summed E-state index contributed by atoms with van der Waals surface area (Å²) in [6.45, 7) is 0.609. The number of fused-ring (bicyclic) bond motifs is 3. The molecule has 0 spiro atoms. The first-order valence-corrected chi connectivity index (χ1v) is 11.9. The minimum absolute atomic E-state index is 0.250. The van der Waals surface area contributed by atoms with E-state index in [2.05, 4.69) is 20.3 Å². The van der Waals surface area contributed by atoms with Crippen molar-refractivity contribution in [3.8, 4) is 5.75 Å². The Morgan fingerprint density at radius 1 is 1.19 bits per heavy atom. The summed E-state index contributed by atoms with van der Waals surface area (Å²) >= 11 is 8.22. The number of nitrogens with zero attached hydrogens (tertiary/aromatic N) is 3. The molecule has 8 heteroatoms. The third-order valence-electron chi connectivity index (χ3n) is 5.78. The molecule has 0 radical (unpaired) electrons. The number of thiophene rings is 1. The van der Waals surface area contributed by atoms with E-state index in [1.165, 1.54) is 10.4 Å². The Bertz CT molecular complexity index is 1230. The zero-order valence-electron chi connectivity index (χ0n) is 17.4. The van der Waals surface area contributed by atoms with Crippen LogP contribution in [0.4, 0.5) is 11.5 Å². The second-order valence-corrected chi connectivity index (χ2v) is 9.40. The summed E-state index contributed by atoms with van der Waals surface area (Å²) in [6, 6.07) is 11.4. The number of hydrogen-bond acceptors (Lipinski definition) is 7. The molecule has 0 fully saturated rings. The number of aromatic nitrogens is 3. The molecular weight excluding hydrogens is 444 g/mol. The first-order chi connectivity index (χ1) is 15.7. The normalized spacial score (nSPS) is 15.5. The van der Waals surface area contributed by atoms with Crippen LogP contribution in [0.5, 0.6) is 5.75 Å². The molecule has 1 aliphatic carbocycles. The lowest BCUT2D eigenvalue weighted by Crippen LogP contribution is -2.13. The van der Waals surface area contributed by atoms with E-state index >= 15 is 0 Å². The van der Waals surface area contributed by atoms with Crippen LogP contribution in [-0.2, 0) is 19.4 Å². The van der Waals surface area contributed by atoms with E-state index in [-0.39, 0.29) is 6.61 Å². The highest BCUT2D eigenvalue weighted by atomic mass is 35.5. The van der Waals surface area contributed by atoms with Gasteiger partial charge in [-0.1, -0.05) is 17.7 Å². The number of aryl methyl sites for hydroxylation is 1. The van der Waals surface area contributed by atoms with Crippen LogP contribution >= 0.6 is 22.9 Å². The Morgan fingerprint density at radius 3 is 2.94 bits per heavy atom. The smallest absolute Gasteiger partial charge is 0.142 e. The van der Waals surface area contributed by atoms with Gasteiger partial charge in [-0.3, -0.25) is 4.98 Å². The molecule has 1 aromatic carbocycles. The lowest BCUT2D eigenvalue weighted by Gasteiger charge is -2.21. The second kappa shape index (κ2) is 9.40. The Balaban J connectivity index is 1.36. The Kier molecular flexibility index (Phi) is 6.21. The molecule has 0 amide bonds. The topological polar surface area (TPSA) is 80.2 Å². The van der Waals surface area contributed by atoms with E-state index in [4.69, 9.17) is 16.3 Å². The van der Waals surface area contributed by atoms with Gasteiger partial charge in [0.2, 0.25) is 0 Å². The van der Waals surface area contributed by atoms with E-state index in [1.54, 1.807) is 23.9 Å². The summed E-state index contributed by atoms with van der Waals surface area (Å²) in [4.78, 5) is 15.7. The minimum Gasteiger partial charge on any atom is -0.486 e. The van der Waals surface area contributed by atoms with Gasteiger partial charge in [-0.2, -0.15) is 0 Å². The molecule has 164 valence electrons. The van der Waals surface area contributed by atoms with Crippen LogP contribution in [0.2, 0.25) is 5.02 Å². The molecule has 3 heterocycles. The van der Waals surface area contributed by atoms with Crippen molar-refractivity contribution < 1.29 is 9.84 Å². The van der Waals surface area contributed by atoms with Crippen LogP contribution in [0.3, 0.4) is 0 Å². The van der Waals surface area contributed by atoms with Crippen molar-refractivity contribution >= 4 is 44.7 Å². The van der Waals surface area contributed by atoms with E-state index < -0.39 is 0 Å². The van der Waals surface area contributed by atoms with Crippen molar-refractivity contribution in [2.75, 3.05) is 11.9 Å². The fourth-order valence-electron chi connectivity index (χ4n) is 4.17. The van der Waals surface area contributed by atoms with Crippen molar-refractivity contribution in [1.82, 2.24) is 15.0 Å². The maximum Gasteiger partial charge on any atom is 0.142 e. The molecule has 0 saturated heterocycles. The van der Waals surface area contributed by atoms with E-state index in [0.717, 1.165) is 53.1 Å². The van der Waals surface area contributed by atoms with E-state index in [0.29, 0.717) is 23.3 Å². The highest BCUT2D eigenvalue weighted by Gasteiger charge is 2.25. The monoisotopic (exact) mass is 466 g/mol. The van der Waals surface area contributed by atoms with Crippen molar-refractivity contribution in [1.29, 1.82) is 0 Å². The number of anilines is 2. The summed E-state index contributed by atoms with van der Waals surface area (Å²) in [7, 11) is 0. The number of ether oxygens (including phenoxy) is 1. The Hall–Kier alpha value is -2.74. The lowest BCUT2D eigenvalue weighted by molar-refractivity contribution is 0.249. The van der Waals surface area contributed by atoms with Crippen LogP contribution < -0.4 is 10.1 Å². The van der Waals surface area contributed by atoms with Gasteiger partial charge in [-0.05, 0) is 67.5 Å². The number of halogens is 1. The number of nitrogens with one attached hydrogen (secondary N) is 1. The predicted molar refractivity (Wildman–Crippen MR) is 128 cm³/mol. The Labute approximate surface area is 195 Å². The van der Waals surface area contributed by atoms with Gasteiger partial charge in [-0.25, -0.2) is 9.97 Å². The molecule has 0 saturated carbocycles. The summed E-state index contributed by atoms with van der Waals surface area (Å²) in [5, 5.41) is 14.3. The maximum absolute atomic E-state index is 9.30. The molecule has 3 aromatic heterocycles. The third-order valence-corrected chi connectivity index (χ3v) is 7.24. The van der Waals surface area contributed by atoms with Gasteiger partial charge >= 0.3 is 0 Å². The molecule has 1 aliphatic rings. The predicted octanol–water partition coefficient (Wildman–Crippen LogP) is 5.55. The molecular formula is C24H23ClN4O2S. The van der Waals surface area contributed by atoms with Gasteiger partial charge in [0, 0.05) is 23.4 Å². The van der Waals surface area contributed by atoms with Crippen LogP contribution in [0.1, 0.15) is 29.0 Å². The number of aliphatic hydroxyl groups is 1. The average Bonchev–Trinajstić information content (AvgIpc) is 3.18. The van der Waals surface area contributed by atoms with Crippen molar-refractivity contribution in [3.63, 3.8) is 0 Å². The first-order valence-electron chi connectivity index (χ1n) is 10.7. The van der Waals surface area contributed by atoms with E-state index in [1.807, 2.05) is 36.4 Å². The molecule has 32 heavy (non-hydrogen) atoms. The van der Waals surface area contributed by atoms with Crippen LogP contribution in [0, 0.1) is 5.92 Å². The van der Waals surface area contributed by atoms with Gasteiger partial charge in [0.05, 0.1) is 16.1 Å². The molecule has 1 unspecified atom stereocenters. The molecule has 0 bridgehead atoms. The molecule has 5 rings (SSSR count). The van der Waals surface area contributed by atoms with Gasteiger partial charge in [0.1, 0.15) is 29.3 Å². The number of benzene rings is 1. The first kappa shape index (κ1) is 21.1. The fourth-order valence-corrected chi connectivity index (χ4v) is 5.71. The van der Waals surface area contributed by atoms with Crippen LogP contribution in [-0.4, -0.2) is 26.7 Å². The average molecular weight is 467 g/mol. The van der Waals surface area contributed by atoms with Crippen LogP contribution in [0.25, 0.3) is 10.2 Å². The maximum atomic E-state index is 9.30. The quantitative estimate of drug-likeness (QED) is 0.371. The van der Waals surface area contributed by atoms with Crippen LogP contribution in [0.15, 0.2) is 48.9 Å². The zero-order valence-corrected chi connectivity index (χ0v) is 19.0. The van der Waals surface area contributed by atoms with E-state index in [9.17, 15) is 5.11 Å². The number of pyridine rings is 1. The number of hydrogen-bond donors (Lipinski definition) is 2. The number of aliphatic hydroxyl groups excluding tert-OH is 1. The molecule has 6 nitrogen and oxygen atoms in total. The SMILES string of the molecule is OCCC1CCc2c(sc3ncnc(Nc4ccc(OCc5ccccn5)c(Cl)c4)c23)C1. The van der Waals surface area contributed by atoms with Crippen molar-refractivity contribution in [3.05, 3.63) is 70.1 Å². The number of rotatable bonds is 7. The largest absolute Gasteiger partial charge is 0.486 e. The lowest BCUT2D eigenvalue weighted by atomic mass is 9.86. The molecule has 4 aromatic rings. The van der Waals surface area contributed by atoms with Crippen molar-refractivity contribution in [2.24, 2.45) is 5.92 Å². The summed E-state index contributed by atoms with van der Waals surface area (Å²) in [5.74, 6) is 1.95. The van der Waals surface area contributed by atoms with Gasteiger partial charge < -0.3 is 15.2 Å². The highest BCUT2D eigenvalue weighted by Crippen LogP contribution is 2.41. The Morgan fingerprint density at radius 2 is 2.12 bits per heavy atom. The minimum atomic E-state index is 0.250. The fraction of sp³-hybridized carbons (Fsp3) is 0.292. The summed E-state index contributed by atoms with van der Waals surface area (Å²) in [6.07, 6.45) is 7.28. The standard InChI is InChI=1S/C24H23ClN4O2S/c25-19-12-16(5-7-20(19)31-13-17-3-1-2-9-26-17)29-23-22-18-6-4-15(8-10-30)11-21(18)32-24(22)28-14-27-23/h1-3,5,7,9,12,14-15,30H,4,6,8,10-11,13H2,(H,27,28,29). The molecule has 1 atom stereocenters. The molecule has 0 aliphatic heterocycles.